The molecule has 1 aromatic heterocycles. The summed E-state index contributed by atoms with van der Waals surface area (Å²) in [4.78, 5) is 8.47. The second-order valence-corrected chi connectivity index (χ2v) is 3.74. The molecule has 0 bridgehead atoms. The van der Waals surface area contributed by atoms with E-state index in [0.29, 0.717) is 0 Å². The Balaban J connectivity index is 1.89. The lowest BCUT2D eigenvalue weighted by molar-refractivity contribution is 0.557. The van der Waals surface area contributed by atoms with E-state index >= 15 is 0 Å². The summed E-state index contributed by atoms with van der Waals surface area (Å²) in [5.41, 5.74) is 5.32. The Hall–Kier alpha value is -2.10. The van der Waals surface area contributed by atoms with Crippen LogP contribution in [0.3, 0.4) is 0 Å². The predicted molar refractivity (Wildman–Crippen MR) is 65.4 cm³/mol. The third kappa shape index (κ3) is 1.69. The quantitative estimate of drug-likeness (QED) is 0.826. The molecule has 0 unspecified atom stereocenters. The van der Waals surface area contributed by atoms with Crippen molar-refractivity contribution in [2.45, 2.75) is 0 Å². The largest absolute Gasteiger partial charge is 0.297 e. The first kappa shape index (κ1) is 9.15. The molecule has 4 nitrogen and oxygen atoms in total. The van der Waals surface area contributed by atoms with Crippen LogP contribution in [0.25, 0.3) is 10.9 Å². The van der Waals surface area contributed by atoms with E-state index in [1.807, 2.05) is 29.7 Å². The molecule has 1 aromatic carbocycles. The number of hydrogen-bond donors (Lipinski definition) is 1. The number of nitrogens with zero attached hydrogens (tertiary/aromatic N) is 3. The summed E-state index contributed by atoms with van der Waals surface area (Å²) in [7, 11) is 0. The predicted octanol–water partition coefficient (Wildman–Crippen LogP) is 1.91. The van der Waals surface area contributed by atoms with Crippen molar-refractivity contribution < 1.29 is 0 Å². The van der Waals surface area contributed by atoms with Crippen LogP contribution >= 0.6 is 0 Å². The summed E-state index contributed by atoms with van der Waals surface area (Å²) in [6.07, 6.45) is 3.63. The molecule has 0 amide bonds. The molecular formula is C12H12N4. The first-order chi connectivity index (χ1) is 7.92. The zero-order chi connectivity index (χ0) is 10.8. The van der Waals surface area contributed by atoms with E-state index in [-0.39, 0.29) is 0 Å². The van der Waals surface area contributed by atoms with Gasteiger partial charge in [-0.1, -0.05) is 12.1 Å². The highest BCUT2D eigenvalue weighted by Gasteiger charge is 2.05. The van der Waals surface area contributed by atoms with Crippen molar-refractivity contribution in [3.8, 4) is 0 Å². The molecule has 3 rings (SSSR count). The van der Waals surface area contributed by atoms with Crippen LogP contribution in [0.2, 0.25) is 0 Å². The topological polar surface area (TPSA) is 40.5 Å². The Kier molecular flexibility index (Phi) is 2.18. The summed E-state index contributed by atoms with van der Waals surface area (Å²) in [5.74, 6) is 0. The summed E-state index contributed by atoms with van der Waals surface area (Å²) < 4.78 is 0. The van der Waals surface area contributed by atoms with Gasteiger partial charge in [0.05, 0.1) is 24.3 Å². The van der Waals surface area contributed by atoms with Gasteiger partial charge in [-0.2, -0.15) is 0 Å². The molecule has 1 N–H and O–H groups in total. The third-order valence-electron chi connectivity index (χ3n) is 2.57. The number of aromatic nitrogens is 1. The highest BCUT2D eigenvalue weighted by molar-refractivity contribution is 5.82. The summed E-state index contributed by atoms with van der Waals surface area (Å²) in [6.45, 7) is 1.78. The highest BCUT2D eigenvalue weighted by atomic mass is 15.5. The molecule has 0 radical (unpaired) electrons. The second-order valence-electron chi connectivity index (χ2n) is 3.74. The van der Waals surface area contributed by atoms with E-state index in [0.717, 1.165) is 29.7 Å². The van der Waals surface area contributed by atoms with Crippen molar-refractivity contribution >= 4 is 22.9 Å². The maximum absolute atomic E-state index is 4.32. The Morgan fingerprint density at radius 2 is 2.25 bits per heavy atom. The van der Waals surface area contributed by atoms with Gasteiger partial charge in [0.25, 0.3) is 0 Å². The number of hydrazine groups is 1. The molecule has 2 aromatic rings. The molecule has 0 aliphatic carbocycles. The molecule has 0 saturated carbocycles. The number of rotatable bonds is 2. The molecule has 16 heavy (non-hydrogen) atoms. The van der Waals surface area contributed by atoms with Crippen LogP contribution in [0, 0.1) is 0 Å². The molecule has 0 saturated heterocycles. The summed E-state index contributed by atoms with van der Waals surface area (Å²) in [6, 6.07) is 10.2. The van der Waals surface area contributed by atoms with Gasteiger partial charge in [0.1, 0.15) is 6.34 Å². The van der Waals surface area contributed by atoms with Crippen LogP contribution in [0.1, 0.15) is 0 Å². The average molecular weight is 212 g/mol. The van der Waals surface area contributed by atoms with Crippen molar-refractivity contribution in [3.63, 3.8) is 0 Å². The minimum Gasteiger partial charge on any atom is -0.297 e. The number of nitrogens with one attached hydrogen (secondary N) is 1. The van der Waals surface area contributed by atoms with Gasteiger partial charge >= 0.3 is 0 Å². The zero-order valence-corrected chi connectivity index (χ0v) is 8.80. The van der Waals surface area contributed by atoms with Gasteiger partial charge in [-0.3, -0.25) is 20.4 Å². The molecule has 0 atom stereocenters. The van der Waals surface area contributed by atoms with Crippen LogP contribution in [-0.2, 0) is 0 Å². The molecule has 0 fully saturated rings. The van der Waals surface area contributed by atoms with E-state index in [4.69, 9.17) is 0 Å². The van der Waals surface area contributed by atoms with Crippen molar-refractivity contribution in [2.75, 3.05) is 18.5 Å². The van der Waals surface area contributed by atoms with Crippen LogP contribution in [-0.4, -0.2) is 29.4 Å². The monoisotopic (exact) mass is 212 g/mol. The van der Waals surface area contributed by atoms with Gasteiger partial charge in [0.15, 0.2) is 0 Å². The fraction of sp³-hybridized carbons (Fsp3) is 0.167. The normalized spacial score (nSPS) is 14.6. The number of pyridine rings is 1. The number of anilines is 1. The number of benzene rings is 1. The minimum absolute atomic E-state index is 0.860. The van der Waals surface area contributed by atoms with Crippen molar-refractivity contribution in [1.82, 2.24) is 9.99 Å². The molecule has 0 spiro atoms. The Morgan fingerprint density at radius 3 is 3.12 bits per heavy atom. The number of aliphatic imine (C=N–C) groups is 1. The number of hydrogen-bond acceptors (Lipinski definition) is 4. The summed E-state index contributed by atoms with van der Waals surface area (Å²) in [5, 5.41) is 3.13. The van der Waals surface area contributed by atoms with Crippen LogP contribution in [0.5, 0.6) is 0 Å². The van der Waals surface area contributed by atoms with Gasteiger partial charge in [0, 0.05) is 11.6 Å². The molecule has 80 valence electrons. The zero-order valence-electron chi connectivity index (χ0n) is 8.80. The third-order valence-corrected chi connectivity index (χ3v) is 2.57. The van der Waals surface area contributed by atoms with E-state index in [2.05, 4.69) is 33.6 Å². The first-order valence-corrected chi connectivity index (χ1v) is 5.30. The van der Waals surface area contributed by atoms with Crippen LogP contribution < -0.4 is 5.43 Å². The Morgan fingerprint density at radius 1 is 1.25 bits per heavy atom. The van der Waals surface area contributed by atoms with E-state index in [1.165, 1.54) is 0 Å². The Bertz CT molecular complexity index is 535. The van der Waals surface area contributed by atoms with E-state index in [1.54, 1.807) is 0 Å². The molecule has 4 heteroatoms. The second kappa shape index (κ2) is 3.81. The summed E-state index contributed by atoms with van der Waals surface area (Å²) >= 11 is 0. The van der Waals surface area contributed by atoms with Crippen LogP contribution in [0.15, 0.2) is 41.5 Å². The lowest BCUT2D eigenvalue weighted by Crippen LogP contribution is -2.26. The van der Waals surface area contributed by atoms with Gasteiger partial charge in [0.2, 0.25) is 0 Å². The number of fused-ring (bicyclic) bond motifs is 1. The highest BCUT2D eigenvalue weighted by Crippen LogP contribution is 2.17. The molecular weight excluding hydrogens is 200 g/mol. The lowest BCUT2D eigenvalue weighted by atomic mass is 10.2. The van der Waals surface area contributed by atoms with Gasteiger partial charge < -0.3 is 0 Å². The van der Waals surface area contributed by atoms with Crippen molar-refractivity contribution in [3.05, 3.63) is 36.5 Å². The molecule has 1 aliphatic heterocycles. The Labute approximate surface area is 93.6 Å². The maximum atomic E-state index is 4.32. The van der Waals surface area contributed by atoms with E-state index in [9.17, 15) is 0 Å². The van der Waals surface area contributed by atoms with Crippen molar-refractivity contribution in [2.24, 2.45) is 4.99 Å². The van der Waals surface area contributed by atoms with Gasteiger partial charge in [-0.25, -0.2) is 0 Å². The van der Waals surface area contributed by atoms with Gasteiger partial charge in [-0.05, 0) is 18.2 Å². The van der Waals surface area contributed by atoms with Crippen molar-refractivity contribution in [1.29, 1.82) is 0 Å². The lowest BCUT2D eigenvalue weighted by Gasteiger charge is -2.16. The first-order valence-electron chi connectivity index (χ1n) is 5.30. The molecule has 2 heterocycles. The van der Waals surface area contributed by atoms with Crippen LogP contribution in [0.4, 0.5) is 5.69 Å². The fourth-order valence-corrected chi connectivity index (χ4v) is 1.77. The SMILES string of the molecule is C1=NCCN1Nc1ccc2cccnc2c1. The smallest absolute Gasteiger partial charge is 0.104 e. The fourth-order valence-electron chi connectivity index (χ4n) is 1.77. The maximum Gasteiger partial charge on any atom is 0.104 e. The molecule has 1 aliphatic rings. The minimum atomic E-state index is 0.860. The van der Waals surface area contributed by atoms with Gasteiger partial charge in [-0.15, -0.1) is 0 Å². The average Bonchev–Trinajstić information content (AvgIpc) is 2.82. The standard InChI is InChI=1S/C12H12N4/c1-2-10-3-4-11(8-12(10)14-5-1)15-16-7-6-13-9-16/h1-5,8-9,15H,6-7H2. The van der Waals surface area contributed by atoms with E-state index < -0.39 is 0 Å².